The van der Waals surface area contributed by atoms with Crippen molar-refractivity contribution in [2.24, 2.45) is 0 Å². The van der Waals surface area contributed by atoms with Crippen LogP contribution in [0.1, 0.15) is 16.8 Å². The van der Waals surface area contributed by atoms with Gasteiger partial charge < -0.3 is 10.0 Å². The highest BCUT2D eigenvalue weighted by atomic mass is 79.9. The molecule has 0 aliphatic carbocycles. The van der Waals surface area contributed by atoms with E-state index in [-0.39, 0.29) is 16.3 Å². The molecule has 0 spiro atoms. The Hall–Kier alpha value is -0.880. The summed E-state index contributed by atoms with van der Waals surface area (Å²) in [4.78, 5) is 24.4. The zero-order valence-corrected chi connectivity index (χ0v) is 11.9. The van der Waals surface area contributed by atoms with Crippen LogP contribution in [0.4, 0.5) is 5.69 Å². The predicted octanol–water partition coefficient (Wildman–Crippen LogP) is 2.65. The van der Waals surface area contributed by atoms with E-state index in [2.05, 4.69) is 31.9 Å². The van der Waals surface area contributed by atoms with Gasteiger partial charge in [0.05, 0.1) is 5.56 Å². The summed E-state index contributed by atoms with van der Waals surface area (Å²) in [5, 5.41) is 9.01. The molecular weight excluding hydrogens is 354 g/mol. The van der Waals surface area contributed by atoms with Gasteiger partial charge in [-0.05, 0) is 34.1 Å². The van der Waals surface area contributed by atoms with Crippen LogP contribution in [0.15, 0.2) is 22.7 Å². The summed E-state index contributed by atoms with van der Waals surface area (Å²) >= 11 is 6.56. The summed E-state index contributed by atoms with van der Waals surface area (Å²) in [5.41, 5.74) is 0.783. The van der Waals surface area contributed by atoms with Crippen LogP contribution in [0.5, 0.6) is 0 Å². The Morgan fingerprint density at radius 3 is 2.71 bits per heavy atom. The van der Waals surface area contributed by atoms with Gasteiger partial charge in [-0.15, -0.1) is 0 Å². The van der Waals surface area contributed by atoms with Crippen molar-refractivity contribution in [2.75, 3.05) is 11.4 Å². The maximum Gasteiger partial charge on any atom is 0.336 e. The Kier molecular flexibility index (Phi) is 3.53. The molecule has 0 saturated carbocycles. The number of hydrogen-bond acceptors (Lipinski definition) is 2. The summed E-state index contributed by atoms with van der Waals surface area (Å²) in [6.07, 6.45) is 0.443. The first kappa shape index (κ1) is 12.6. The molecule has 1 heterocycles. The van der Waals surface area contributed by atoms with Gasteiger partial charge in [0.15, 0.2) is 0 Å². The van der Waals surface area contributed by atoms with Gasteiger partial charge in [0.2, 0.25) is 5.91 Å². The minimum absolute atomic E-state index is 0.00513. The zero-order valence-electron chi connectivity index (χ0n) is 8.69. The first-order valence-electron chi connectivity index (χ1n) is 4.96. The van der Waals surface area contributed by atoms with Gasteiger partial charge in [-0.3, -0.25) is 4.79 Å². The number of carboxylic acids is 1. The highest BCUT2D eigenvalue weighted by Crippen LogP contribution is 2.28. The Labute approximate surface area is 115 Å². The second-order valence-electron chi connectivity index (χ2n) is 3.78. The number of alkyl halides is 1. The molecule has 1 N–H and O–H groups in total. The molecule has 1 aromatic carbocycles. The largest absolute Gasteiger partial charge is 0.478 e. The van der Waals surface area contributed by atoms with Crippen LogP contribution in [0.25, 0.3) is 0 Å². The van der Waals surface area contributed by atoms with Crippen LogP contribution in [0.3, 0.4) is 0 Å². The number of hydrogen-bond donors (Lipinski definition) is 1. The molecule has 0 bridgehead atoms. The van der Waals surface area contributed by atoms with Gasteiger partial charge in [-0.25, -0.2) is 4.79 Å². The van der Waals surface area contributed by atoms with Crippen LogP contribution in [0.2, 0.25) is 0 Å². The zero-order chi connectivity index (χ0) is 12.6. The molecule has 1 fully saturated rings. The van der Waals surface area contributed by atoms with Crippen molar-refractivity contribution in [3.8, 4) is 0 Å². The van der Waals surface area contributed by atoms with E-state index < -0.39 is 5.97 Å². The maximum atomic E-state index is 11.7. The molecule has 17 heavy (non-hydrogen) atoms. The van der Waals surface area contributed by atoms with Gasteiger partial charge in [-0.1, -0.05) is 15.9 Å². The number of anilines is 1. The lowest BCUT2D eigenvalue weighted by Crippen LogP contribution is -2.24. The van der Waals surface area contributed by atoms with Crippen molar-refractivity contribution >= 4 is 49.4 Å². The molecule has 90 valence electrons. The number of carbonyl (C=O) groups excluding carboxylic acids is 1. The molecule has 4 nitrogen and oxygen atoms in total. The minimum atomic E-state index is -1.01. The second kappa shape index (κ2) is 4.78. The topological polar surface area (TPSA) is 57.6 Å². The van der Waals surface area contributed by atoms with Crippen LogP contribution in [-0.4, -0.2) is 28.4 Å². The van der Waals surface area contributed by atoms with Crippen molar-refractivity contribution in [3.05, 3.63) is 28.2 Å². The quantitative estimate of drug-likeness (QED) is 0.823. The first-order valence-corrected chi connectivity index (χ1v) is 6.67. The summed E-state index contributed by atoms with van der Waals surface area (Å²) in [7, 11) is 0. The van der Waals surface area contributed by atoms with E-state index in [0.29, 0.717) is 23.1 Å². The van der Waals surface area contributed by atoms with Gasteiger partial charge in [0.25, 0.3) is 0 Å². The fraction of sp³-hybridized carbons (Fsp3) is 0.273. The van der Waals surface area contributed by atoms with Crippen molar-refractivity contribution in [3.63, 3.8) is 0 Å². The Morgan fingerprint density at radius 1 is 1.47 bits per heavy atom. The van der Waals surface area contributed by atoms with Gasteiger partial charge >= 0.3 is 5.97 Å². The molecule has 1 aliphatic rings. The number of aromatic carboxylic acids is 1. The molecule has 0 aromatic heterocycles. The standard InChI is InChI=1S/C11H9Br2NO3/c12-6-3-10(15)14(5-6)7-1-2-9(13)8(4-7)11(16)17/h1-2,4,6H,3,5H2,(H,16,17). The monoisotopic (exact) mass is 361 g/mol. The number of halogens is 2. The average Bonchev–Trinajstić information content (AvgIpc) is 2.58. The molecule has 2 rings (SSSR count). The minimum Gasteiger partial charge on any atom is -0.478 e. The smallest absolute Gasteiger partial charge is 0.336 e. The van der Waals surface area contributed by atoms with E-state index in [1.807, 2.05) is 0 Å². The molecule has 1 saturated heterocycles. The lowest BCUT2D eigenvalue weighted by molar-refractivity contribution is -0.117. The Balaban J connectivity index is 2.37. The third-order valence-electron chi connectivity index (χ3n) is 2.57. The van der Waals surface area contributed by atoms with Crippen molar-refractivity contribution in [2.45, 2.75) is 11.2 Å². The van der Waals surface area contributed by atoms with Crippen LogP contribution in [0, 0.1) is 0 Å². The van der Waals surface area contributed by atoms with Crippen LogP contribution in [-0.2, 0) is 4.79 Å². The number of rotatable bonds is 2. The molecule has 1 aliphatic heterocycles. The fourth-order valence-corrected chi connectivity index (χ4v) is 2.74. The summed E-state index contributed by atoms with van der Waals surface area (Å²) < 4.78 is 0.510. The van der Waals surface area contributed by atoms with E-state index in [1.165, 1.54) is 6.07 Å². The molecule has 0 radical (unpaired) electrons. The van der Waals surface area contributed by atoms with Crippen LogP contribution < -0.4 is 4.90 Å². The van der Waals surface area contributed by atoms with Crippen LogP contribution >= 0.6 is 31.9 Å². The maximum absolute atomic E-state index is 11.7. The second-order valence-corrected chi connectivity index (χ2v) is 5.92. The molecule has 1 unspecified atom stereocenters. The number of carboxylic acid groups (broad SMARTS) is 1. The van der Waals surface area contributed by atoms with E-state index in [4.69, 9.17) is 5.11 Å². The number of benzene rings is 1. The third-order valence-corrected chi connectivity index (χ3v) is 3.87. The van der Waals surface area contributed by atoms with E-state index in [1.54, 1.807) is 17.0 Å². The number of carbonyl (C=O) groups is 2. The van der Waals surface area contributed by atoms with Gasteiger partial charge in [0, 0.05) is 28.0 Å². The average molecular weight is 363 g/mol. The number of nitrogens with zero attached hydrogens (tertiary/aromatic N) is 1. The number of amides is 1. The molecule has 1 atom stereocenters. The summed E-state index contributed by atoms with van der Waals surface area (Å²) in [6, 6.07) is 4.89. The van der Waals surface area contributed by atoms with Crippen molar-refractivity contribution in [1.82, 2.24) is 0 Å². The van der Waals surface area contributed by atoms with Gasteiger partial charge in [-0.2, -0.15) is 0 Å². The predicted molar refractivity (Wildman–Crippen MR) is 70.8 cm³/mol. The molecular formula is C11H9Br2NO3. The summed E-state index contributed by atoms with van der Waals surface area (Å²) in [6.45, 7) is 0.569. The normalized spacial score (nSPS) is 19.8. The highest BCUT2D eigenvalue weighted by molar-refractivity contribution is 9.10. The molecule has 1 amide bonds. The van der Waals surface area contributed by atoms with Crippen molar-refractivity contribution < 1.29 is 14.7 Å². The molecule has 6 heteroatoms. The van der Waals surface area contributed by atoms with Crippen molar-refractivity contribution in [1.29, 1.82) is 0 Å². The Morgan fingerprint density at radius 2 is 2.18 bits per heavy atom. The molecule has 1 aromatic rings. The highest BCUT2D eigenvalue weighted by Gasteiger charge is 2.29. The van der Waals surface area contributed by atoms with E-state index in [0.717, 1.165) is 0 Å². The lowest BCUT2D eigenvalue weighted by Gasteiger charge is -2.16. The SMILES string of the molecule is O=C(O)c1cc(N2CC(Br)CC2=O)ccc1Br. The summed E-state index contributed by atoms with van der Waals surface area (Å²) in [5.74, 6) is -1.01. The first-order chi connectivity index (χ1) is 7.99. The van der Waals surface area contributed by atoms with E-state index in [9.17, 15) is 9.59 Å². The third kappa shape index (κ3) is 2.52. The Bertz CT molecular complexity index is 490. The van der Waals surface area contributed by atoms with Gasteiger partial charge in [0.1, 0.15) is 0 Å². The fourth-order valence-electron chi connectivity index (χ4n) is 1.76. The van der Waals surface area contributed by atoms with E-state index >= 15 is 0 Å². The lowest BCUT2D eigenvalue weighted by atomic mass is 10.2.